The third kappa shape index (κ3) is 5.14. The fourth-order valence-electron chi connectivity index (χ4n) is 3.39. The van der Waals surface area contributed by atoms with Gasteiger partial charge in [0, 0.05) is 5.56 Å². The number of hydrogen-bond acceptors (Lipinski definition) is 6. The molecule has 3 aromatic carbocycles. The minimum absolute atomic E-state index is 0.0167. The van der Waals surface area contributed by atoms with Gasteiger partial charge in [-0.25, -0.2) is 18.0 Å². The van der Waals surface area contributed by atoms with E-state index in [0.29, 0.717) is 5.56 Å². The monoisotopic (exact) mass is 466 g/mol. The molecular formula is C26H26O6S. The first-order chi connectivity index (χ1) is 15.7. The highest BCUT2D eigenvalue weighted by Gasteiger charge is 2.29. The lowest BCUT2D eigenvalue weighted by atomic mass is 9.96. The number of ether oxygens (including phenoxy) is 2. The van der Waals surface area contributed by atoms with Crippen LogP contribution in [0.1, 0.15) is 45.7 Å². The molecule has 0 bridgehead atoms. The maximum atomic E-state index is 13.8. The molecule has 0 aliphatic rings. The molecule has 0 spiro atoms. The number of benzene rings is 3. The van der Waals surface area contributed by atoms with Crippen molar-refractivity contribution in [3.8, 4) is 11.1 Å². The summed E-state index contributed by atoms with van der Waals surface area (Å²) in [6.07, 6.45) is 0. The largest absolute Gasteiger partial charge is 0.462 e. The highest BCUT2D eigenvalue weighted by atomic mass is 32.2. The maximum Gasteiger partial charge on any atom is 0.338 e. The minimum atomic E-state index is -4.10. The lowest BCUT2D eigenvalue weighted by Crippen LogP contribution is -2.15. The van der Waals surface area contributed by atoms with Gasteiger partial charge in [0.05, 0.1) is 34.1 Å². The number of esters is 2. The first-order valence-corrected chi connectivity index (χ1v) is 12.1. The van der Waals surface area contributed by atoms with Gasteiger partial charge in [-0.1, -0.05) is 47.5 Å². The van der Waals surface area contributed by atoms with Crippen molar-refractivity contribution in [2.45, 2.75) is 37.5 Å². The van der Waals surface area contributed by atoms with E-state index in [-0.39, 0.29) is 39.7 Å². The van der Waals surface area contributed by atoms with Crippen molar-refractivity contribution < 1.29 is 27.5 Å². The Morgan fingerprint density at radius 2 is 1.27 bits per heavy atom. The van der Waals surface area contributed by atoms with Crippen LogP contribution in [0.25, 0.3) is 11.1 Å². The van der Waals surface area contributed by atoms with E-state index in [2.05, 4.69) is 0 Å². The molecule has 0 aliphatic carbocycles. The van der Waals surface area contributed by atoms with Gasteiger partial charge in [0.15, 0.2) is 0 Å². The van der Waals surface area contributed by atoms with Gasteiger partial charge in [-0.3, -0.25) is 0 Å². The number of carbonyl (C=O) groups is 2. The molecule has 0 atom stereocenters. The molecule has 0 amide bonds. The van der Waals surface area contributed by atoms with Crippen molar-refractivity contribution in [3.05, 3.63) is 82.9 Å². The van der Waals surface area contributed by atoms with Crippen LogP contribution < -0.4 is 0 Å². The molecule has 6 nitrogen and oxygen atoms in total. The number of sulfone groups is 1. The van der Waals surface area contributed by atoms with Gasteiger partial charge >= 0.3 is 11.9 Å². The second-order valence-corrected chi connectivity index (χ2v) is 9.44. The van der Waals surface area contributed by atoms with Crippen molar-refractivity contribution in [1.29, 1.82) is 0 Å². The van der Waals surface area contributed by atoms with Gasteiger partial charge in [0.2, 0.25) is 9.84 Å². The standard InChI is InChI=1S/C26H26O6S/c1-5-31-25(27)20-15-22(26(28)32-6-2)24(19-11-7-17(3)8-12-19)23(16-20)33(29,30)21-13-9-18(4)10-14-21/h7-16H,5-6H2,1-4H3. The third-order valence-corrected chi connectivity index (χ3v) is 6.86. The lowest BCUT2D eigenvalue weighted by Gasteiger charge is -2.17. The summed E-state index contributed by atoms with van der Waals surface area (Å²) in [5, 5.41) is 0. The Kier molecular flexibility index (Phi) is 7.33. The van der Waals surface area contributed by atoms with E-state index in [1.165, 1.54) is 24.3 Å². The normalized spacial score (nSPS) is 11.2. The van der Waals surface area contributed by atoms with E-state index in [0.717, 1.165) is 11.1 Å². The molecular weight excluding hydrogens is 440 g/mol. The van der Waals surface area contributed by atoms with Gasteiger partial charge < -0.3 is 9.47 Å². The van der Waals surface area contributed by atoms with Crippen LogP contribution in [0.2, 0.25) is 0 Å². The predicted octanol–water partition coefficient (Wildman–Crippen LogP) is 5.16. The van der Waals surface area contributed by atoms with E-state index in [1.54, 1.807) is 38.1 Å². The zero-order valence-corrected chi connectivity index (χ0v) is 19.9. The molecule has 3 aromatic rings. The predicted molar refractivity (Wildman–Crippen MR) is 125 cm³/mol. The fraction of sp³-hybridized carbons (Fsp3) is 0.231. The summed E-state index contributed by atoms with van der Waals surface area (Å²) >= 11 is 0. The molecule has 7 heteroatoms. The molecule has 0 N–H and O–H groups in total. The van der Waals surface area contributed by atoms with E-state index in [1.807, 2.05) is 26.0 Å². The maximum absolute atomic E-state index is 13.8. The summed E-state index contributed by atoms with van der Waals surface area (Å²) < 4.78 is 37.8. The zero-order chi connectivity index (χ0) is 24.2. The molecule has 3 rings (SSSR count). The Morgan fingerprint density at radius 3 is 1.82 bits per heavy atom. The van der Waals surface area contributed by atoms with Gasteiger partial charge in [0.1, 0.15) is 0 Å². The van der Waals surface area contributed by atoms with Crippen LogP contribution in [0.4, 0.5) is 0 Å². The second kappa shape index (κ2) is 10.0. The highest BCUT2D eigenvalue weighted by Crippen LogP contribution is 2.36. The van der Waals surface area contributed by atoms with Crippen LogP contribution >= 0.6 is 0 Å². The third-order valence-electron chi connectivity index (χ3n) is 5.07. The number of rotatable bonds is 7. The van der Waals surface area contributed by atoms with Crippen molar-refractivity contribution in [1.82, 2.24) is 0 Å². The Balaban J connectivity index is 2.41. The Hall–Kier alpha value is -3.45. The first kappa shape index (κ1) is 24.2. The van der Waals surface area contributed by atoms with Crippen LogP contribution in [0.15, 0.2) is 70.5 Å². The molecule has 0 aromatic heterocycles. The Labute approximate surface area is 194 Å². The topological polar surface area (TPSA) is 86.7 Å². The summed E-state index contributed by atoms with van der Waals surface area (Å²) in [5.41, 5.74) is 2.52. The van der Waals surface area contributed by atoms with Gasteiger partial charge in [-0.2, -0.15) is 0 Å². The molecule has 172 valence electrons. The van der Waals surface area contributed by atoms with E-state index in [4.69, 9.17) is 9.47 Å². The molecule has 0 fully saturated rings. The number of carbonyl (C=O) groups excluding carboxylic acids is 2. The average molecular weight is 467 g/mol. The summed E-state index contributed by atoms with van der Waals surface area (Å²) in [4.78, 5) is 25.4. The van der Waals surface area contributed by atoms with Crippen LogP contribution in [0.5, 0.6) is 0 Å². The molecule has 0 aliphatic heterocycles. The van der Waals surface area contributed by atoms with E-state index < -0.39 is 21.8 Å². The van der Waals surface area contributed by atoms with Crippen molar-refractivity contribution >= 4 is 21.8 Å². The van der Waals surface area contributed by atoms with E-state index >= 15 is 0 Å². The quantitative estimate of drug-likeness (QED) is 0.447. The van der Waals surface area contributed by atoms with Crippen LogP contribution in [-0.4, -0.2) is 33.6 Å². The molecule has 0 unspecified atom stereocenters. The fourth-order valence-corrected chi connectivity index (χ4v) is 4.92. The molecule has 0 saturated heterocycles. The molecule has 0 heterocycles. The van der Waals surface area contributed by atoms with Crippen molar-refractivity contribution in [2.75, 3.05) is 13.2 Å². The van der Waals surface area contributed by atoms with Crippen LogP contribution in [0.3, 0.4) is 0 Å². The summed E-state index contributed by atoms with van der Waals surface area (Å²) in [6.45, 7) is 7.26. The Morgan fingerprint density at radius 1 is 0.758 bits per heavy atom. The van der Waals surface area contributed by atoms with Crippen molar-refractivity contribution in [2.24, 2.45) is 0 Å². The van der Waals surface area contributed by atoms with Gasteiger partial charge in [-0.15, -0.1) is 0 Å². The molecule has 0 radical (unpaired) electrons. The first-order valence-electron chi connectivity index (χ1n) is 10.6. The SMILES string of the molecule is CCOC(=O)c1cc(C(=O)OCC)c(-c2ccc(C)cc2)c(S(=O)(=O)c2ccc(C)cc2)c1. The highest BCUT2D eigenvalue weighted by molar-refractivity contribution is 7.91. The Bertz CT molecular complexity index is 1270. The van der Waals surface area contributed by atoms with Gasteiger partial charge in [-0.05, 0) is 57.5 Å². The number of hydrogen-bond donors (Lipinski definition) is 0. The number of aryl methyl sites for hydroxylation is 2. The molecule has 33 heavy (non-hydrogen) atoms. The van der Waals surface area contributed by atoms with Crippen LogP contribution in [-0.2, 0) is 19.3 Å². The van der Waals surface area contributed by atoms with Crippen LogP contribution in [0, 0.1) is 13.8 Å². The average Bonchev–Trinajstić information content (AvgIpc) is 2.79. The summed E-state index contributed by atoms with van der Waals surface area (Å²) in [6, 6.07) is 16.1. The zero-order valence-electron chi connectivity index (χ0n) is 19.0. The van der Waals surface area contributed by atoms with E-state index in [9.17, 15) is 18.0 Å². The molecule has 0 saturated carbocycles. The summed E-state index contributed by atoms with van der Waals surface area (Å²) in [5.74, 6) is -1.45. The van der Waals surface area contributed by atoms with Crippen molar-refractivity contribution in [3.63, 3.8) is 0 Å². The smallest absolute Gasteiger partial charge is 0.338 e. The summed E-state index contributed by atoms with van der Waals surface area (Å²) in [7, 11) is -4.10. The lowest BCUT2D eigenvalue weighted by molar-refractivity contribution is 0.0525. The second-order valence-electron chi connectivity index (χ2n) is 7.52. The van der Waals surface area contributed by atoms with Gasteiger partial charge in [0.25, 0.3) is 0 Å². The minimum Gasteiger partial charge on any atom is -0.462 e.